The van der Waals surface area contributed by atoms with Gasteiger partial charge in [0, 0.05) is 35.3 Å². The van der Waals surface area contributed by atoms with Gasteiger partial charge >= 0.3 is 0 Å². The molecule has 2 aromatic carbocycles. The maximum Gasteiger partial charge on any atom is 0.218 e. The fourth-order valence-corrected chi connectivity index (χ4v) is 3.37. The predicted octanol–water partition coefficient (Wildman–Crippen LogP) is 3.91. The van der Waals surface area contributed by atoms with Crippen molar-refractivity contribution in [3.63, 3.8) is 0 Å². The third-order valence-corrected chi connectivity index (χ3v) is 4.97. The van der Waals surface area contributed by atoms with Crippen LogP contribution in [0.2, 0.25) is 5.02 Å². The van der Waals surface area contributed by atoms with Gasteiger partial charge in [-0.1, -0.05) is 24.6 Å². The highest BCUT2D eigenvalue weighted by Crippen LogP contribution is 2.30. The first kappa shape index (κ1) is 21.9. The van der Waals surface area contributed by atoms with Crippen LogP contribution in [0.15, 0.2) is 30.3 Å². The van der Waals surface area contributed by atoms with Crippen molar-refractivity contribution >= 4 is 29.0 Å². The number of carbonyl (C=O) groups is 2. The van der Waals surface area contributed by atoms with Crippen molar-refractivity contribution < 1.29 is 14.0 Å². The quantitative estimate of drug-likeness (QED) is 0.458. The van der Waals surface area contributed by atoms with Crippen molar-refractivity contribution in [1.82, 2.24) is 5.32 Å². The maximum absolute atomic E-state index is 15.3. The number of nitrogen functional groups attached to an aromatic ring is 1. The van der Waals surface area contributed by atoms with E-state index in [0.717, 1.165) is 5.56 Å². The molecule has 5 N–H and O–H groups in total. The zero-order chi connectivity index (χ0) is 21.0. The molecule has 0 aliphatic heterocycles. The average molecular weight is 406 g/mol. The molecule has 0 spiro atoms. The summed E-state index contributed by atoms with van der Waals surface area (Å²) in [5, 5.41) is 3.23. The summed E-state index contributed by atoms with van der Waals surface area (Å²) < 4.78 is 15.3. The van der Waals surface area contributed by atoms with Crippen LogP contribution in [0.1, 0.15) is 59.8 Å². The number of nitrogens with one attached hydrogen (secondary N) is 1. The lowest BCUT2D eigenvalue weighted by Crippen LogP contribution is -2.34. The third-order valence-electron chi connectivity index (χ3n) is 4.66. The summed E-state index contributed by atoms with van der Waals surface area (Å²) >= 11 is 6.17. The summed E-state index contributed by atoms with van der Waals surface area (Å²) in [5.41, 5.74) is 12.8. The van der Waals surface area contributed by atoms with Crippen molar-refractivity contribution in [3.8, 4) is 0 Å². The second kappa shape index (κ2) is 9.17. The molecule has 2 atom stereocenters. The van der Waals surface area contributed by atoms with E-state index < -0.39 is 23.5 Å². The first-order valence-corrected chi connectivity index (χ1v) is 9.46. The first-order chi connectivity index (χ1) is 13.1. The predicted molar refractivity (Wildman–Crippen MR) is 110 cm³/mol. The van der Waals surface area contributed by atoms with Gasteiger partial charge in [-0.15, -0.1) is 0 Å². The van der Waals surface area contributed by atoms with Crippen molar-refractivity contribution in [2.24, 2.45) is 5.73 Å². The minimum Gasteiger partial charge on any atom is -0.399 e. The number of anilines is 1. The van der Waals surface area contributed by atoms with E-state index in [2.05, 4.69) is 5.32 Å². The van der Waals surface area contributed by atoms with E-state index in [9.17, 15) is 9.59 Å². The highest BCUT2D eigenvalue weighted by Gasteiger charge is 2.25. The molecular formula is C21H25ClFN3O2. The number of hydrogen-bond donors (Lipinski definition) is 3. The number of amides is 1. The van der Waals surface area contributed by atoms with Gasteiger partial charge in [-0.3, -0.25) is 9.59 Å². The Kier molecular flexibility index (Phi) is 7.16. The number of halogens is 2. The summed E-state index contributed by atoms with van der Waals surface area (Å²) in [5.74, 6) is -1.62. The van der Waals surface area contributed by atoms with Crippen molar-refractivity contribution in [1.29, 1.82) is 0 Å². The number of hydrogen-bond acceptors (Lipinski definition) is 4. The highest BCUT2D eigenvalue weighted by molar-refractivity contribution is 6.35. The van der Waals surface area contributed by atoms with Crippen molar-refractivity contribution in [3.05, 3.63) is 63.4 Å². The van der Waals surface area contributed by atoms with Crippen LogP contribution in [0.3, 0.4) is 0 Å². The standard InChI is InChI=1S/C21H25ClFN3O2/c1-4-17(26-12(3)10-18(25)27)14-6-7-15(22)19(20(14)23)21(28)13-5-8-16(24)11(2)9-13/h5-9,12,17,26H,4,10,24H2,1-3H3,(H2,25,27)/t12-,17-/m1/s1. The van der Waals surface area contributed by atoms with Gasteiger partial charge < -0.3 is 16.8 Å². The topological polar surface area (TPSA) is 98.2 Å². The Morgan fingerprint density at radius 2 is 1.93 bits per heavy atom. The van der Waals surface area contributed by atoms with Crippen LogP contribution < -0.4 is 16.8 Å². The molecule has 0 aliphatic rings. The first-order valence-electron chi connectivity index (χ1n) is 9.08. The van der Waals surface area contributed by atoms with Crippen LogP contribution in [0.25, 0.3) is 0 Å². The lowest BCUT2D eigenvalue weighted by molar-refractivity contribution is -0.118. The van der Waals surface area contributed by atoms with E-state index in [0.29, 0.717) is 23.2 Å². The van der Waals surface area contributed by atoms with E-state index in [1.54, 1.807) is 38.1 Å². The Hall–Kier alpha value is -2.44. The molecule has 28 heavy (non-hydrogen) atoms. The molecule has 0 heterocycles. The van der Waals surface area contributed by atoms with E-state index >= 15 is 4.39 Å². The Labute approximate surface area is 169 Å². The fraction of sp³-hybridized carbons (Fsp3) is 0.333. The maximum atomic E-state index is 15.3. The molecule has 2 rings (SSSR count). The third kappa shape index (κ3) is 4.88. The molecular weight excluding hydrogens is 381 g/mol. The number of carbonyl (C=O) groups excluding carboxylic acids is 2. The van der Waals surface area contributed by atoms with Gasteiger partial charge in [0.1, 0.15) is 5.82 Å². The Bertz CT molecular complexity index is 901. The van der Waals surface area contributed by atoms with Crippen molar-refractivity contribution in [2.45, 2.75) is 45.7 Å². The largest absolute Gasteiger partial charge is 0.399 e. The summed E-state index contributed by atoms with van der Waals surface area (Å²) in [6, 6.07) is 7.21. The minimum atomic E-state index is -0.669. The van der Waals surface area contributed by atoms with Gasteiger partial charge in [0.05, 0.1) is 10.6 Å². The van der Waals surface area contributed by atoms with Crippen LogP contribution in [0.5, 0.6) is 0 Å². The zero-order valence-corrected chi connectivity index (χ0v) is 16.9. The molecule has 0 fully saturated rings. The number of aryl methyl sites for hydroxylation is 1. The molecule has 150 valence electrons. The smallest absolute Gasteiger partial charge is 0.218 e. The van der Waals surface area contributed by atoms with Gasteiger partial charge in [0.2, 0.25) is 5.91 Å². The number of benzene rings is 2. The Morgan fingerprint density at radius 1 is 1.25 bits per heavy atom. The molecule has 0 aromatic heterocycles. The number of rotatable bonds is 8. The Balaban J connectivity index is 2.43. The second-order valence-electron chi connectivity index (χ2n) is 6.93. The van der Waals surface area contributed by atoms with Crippen molar-refractivity contribution in [2.75, 3.05) is 5.73 Å². The molecule has 0 saturated heterocycles. The fourth-order valence-electron chi connectivity index (χ4n) is 3.14. The van der Waals surface area contributed by atoms with E-state index in [1.165, 1.54) is 6.07 Å². The van der Waals surface area contributed by atoms with Crippen LogP contribution in [-0.4, -0.2) is 17.7 Å². The van der Waals surface area contributed by atoms with Crippen LogP contribution >= 0.6 is 11.6 Å². The minimum absolute atomic E-state index is 0.0424. The molecule has 0 bridgehead atoms. The average Bonchev–Trinajstić information content (AvgIpc) is 2.61. The van der Waals surface area contributed by atoms with Gasteiger partial charge in [0.15, 0.2) is 5.78 Å². The molecule has 0 unspecified atom stereocenters. The van der Waals surface area contributed by atoms with E-state index in [-0.39, 0.29) is 23.0 Å². The summed E-state index contributed by atoms with van der Waals surface area (Å²) in [6.45, 7) is 5.45. The second-order valence-corrected chi connectivity index (χ2v) is 7.33. The molecule has 0 radical (unpaired) electrons. The normalized spacial score (nSPS) is 13.2. The van der Waals surface area contributed by atoms with E-state index in [1.807, 2.05) is 6.92 Å². The summed E-state index contributed by atoms with van der Waals surface area (Å²) in [6.07, 6.45) is 0.679. The lowest BCUT2D eigenvalue weighted by atomic mass is 9.95. The molecule has 0 saturated carbocycles. The summed E-state index contributed by atoms with van der Waals surface area (Å²) in [7, 11) is 0. The zero-order valence-electron chi connectivity index (χ0n) is 16.2. The Morgan fingerprint density at radius 3 is 2.50 bits per heavy atom. The molecule has 2 aromatic rings. The number of primary amides is 1. The number of nitrogens with two attached hydrogens (primary N) is 2. The van der Waals surface area contributed by atoms with Gasteiger partial charge in [0.25, 0.3) is 0 Å². The lowest BCUT2D eigenvalue weighted by Gasteiger charge is -2.23. The van der Waals surface area contributed by atoms with Crippen LogP contribution in [0, 0.1) is 12.7 Å². The molecule has 7 heteroatoms. The van der Waals surface area contributed by atoms with Gasteiger partial charge in [-0.05, 0) is 50.1 Å². The van der Waals surface area contributed by atoms with Crippen LogP contribution in [0.4, 0.5) is 10.1 Å². The highest BCUT2D eigenvalue weighted by atomic mass is 35.5. The number of ketones is 1. The SMILES string of the molecule is CC[C@@H](N[C@H](C)CC(N)=O)c1ccc(Cl)c(C(=O)c2ccc(N)c(C)c2)c1F. The summed E-state index contributed by atoms with van der Waals surface area (Å²) in [4.78, 5) is 24.1. The van der Waals surface area contributed by atoms with Gasteiger partial charge in [-0.2, -0.15) is 0 Å². The van der Waals surface area contributed by atoms with Gasteiger partial charge in [-0.25, -0.2) is 4.39 Å². The van der Waals surface area contributed by atoms with Crippen LogP contribution in [-0.2, 0) is 4.79 Å². The molecule has 0 aliphatic carbocycles. The molecule has 5 nitrogen and oxygen atoms in total. The molecule has 1 amide bonds. The monoisotopic (exact) mass is 405 g/mol. The van der Waals surface area contributed by atoms with E-state index in [4.69, 9.17) is 23.1 Å².